The number of nitrogens with one attached hydrogen (secondary N) is 1. The maximum absolute atomic E-state index is 12.1. The van der Waals surface area contributed by atoms with Crippen molar-refractivity contribution in [3.63, 3.8) is 0 Å². The third-order valence-electron chi connectivity index (χ3n) is 3.78. The van der Waals surface area contributed by atoms with Gasteiger partial charge >= 0.3 is 0 Å². The summed E-state index contributed by atoms with van der Waals surface area (Å²) in [6.45, 7) is 3.10. The van der Waals surface area contributed by atoms with Crippen LogP contribution in [0.25, 0.3) is 0 Å². The molecular formula is C15H18N2O5S. The van der Waals surface area contributed by atoms with Crippen LogP contribution in [0.2, 0.25) is 0 Å². The Labute approximate surface area is 134 Å². The Morgan fingerprint density at radius 2 is 1.70 bits per heavy atom. The summed E-state index contributed by atoms with van der Waals surface area (Å²) in [6.07, 6.45) is 0.514. The van der Waals surface area contributed by atoms with E-state index >= 15 is 0 Å². The lowest BCUT2D eigenvalue weighted by atomic mass is 10.1. The molecule has 0 aromatic heterocycles. The third kappa shape index (κ3) is 3.58. The summed E-state index contributed by atoms with van der Waals surface area (Å²) < 4.78 is 25.8. The number of carbonyl (C=O) groups is 3. The van der Waals surface area contributed by atoms with E-state index in [1.165, 1.54) is 12.1 Å². The molecule has 0 radical (unpaired) electrons. The van der Waals surface area contributed by atoms with Crippen molar-refractivity contribution in [3.05, 3.63) is 35.4 Å². The highest BCUT2D eigenvalue weighted by molar-refractivity contribution is 7.90. The van der Waals surface area contributed by atoms with Gasteiger partial charge in [0.05, 0.1) is 16.9 Å². The first-order valence-electron chi connectivity index (χ1n) is 7.26. The Hall–Kier alpha value is -2.22. The van der Waals surface area contributed by atoms with Gasteiger partial charge in [0.25, 0.3) is 11.8 Å². The quantitative estimate of drug-likeness (QED) is 0.772. The van der Waals surface area contributed by atoms with E-state index in [9.17, 15) is 22.8 Å². The zero-order chi connectivity index (χ0) is 17.2. The molecule has 0 spiro atoms. The Bertz CT molecular complexity index is 722. The van der Waals surface area contributed by atoms with Gasteiger partial charge in [-0.25, -0.2) is 8.42 Å². The predicted octanol–water partition coefficient (Wildman–Crippen LogP) is 0.775. The molecule has 2 rings (SSSR count). The topological polar surface area (TPSA) is 101 Å². The minimum absolute atomic E-state index is 0.263. The fraction of sp³-hybridized carbons (Fsp3) is 0.400. The molecule has 0 bridgehead atoms. The smallest absolute Gasteiger partial charge is 0.261 e. The Morgan fingerprint density at radius 1 is 1.17 bits per heavy atom. The van der Waals surface area contributed by atoms with Crippen LogP contribution >= 0.6 is 0 Å². The van der Waals surface area contributed by atoms with Crippen LogP contribution in [0, 0.1) is 5.92 Å². The Morgan fingerprint density at radius 3 is 2.17 bits per heavy atom. The molecule has 1 atom stereocenters. The summed E-state index contributed by atoms with van der Waals surface area (Å²) in [5.41, 5.74) is 0.525. The second kappa shape index (κ2) is 6.49. The average molecular weight is 338 g/mol. The fourth-order valence-corrected chi connectivity index (χ4v) is 3.18. The van der Waals surface area contributed by atoms with Gasteiger partial charge in [-0.05, 0) is 18.6 Å². The number of fused-ring (bicyclic) bond motifs is 1. The van der Waals surface area contributed by atoms with Crippen LogP contribution in [0.5, 0.6) is 0 Å². The molecule has 1 aromatic rings. The summed E-state index contributed by atoms with van der Waals surface area (Å²) in [6, 6.07) is 6.32. The normalized spacial score (nSPS) is 15.5. The SMILES string of the molecule is CCC(C)C(=O)NS(=O)(=O)CCN1C(=O)c2ccccc2C1=O. The van der Waals surface area contributed by atoms with Crippen LogP contribution in [0.3, 0.4) is 0 Å². The lowest BCUT2D eigenvalue weighted by Crippen LogP contribution is -2.41. The number of carbonyl (C=O) groups excluding carboxylic acids is 3. The van der Waals surface area contributed by atoms with Gasteiger partial charge in [-0.15, -0.1) is 0 Å². The molecule has 0 saturated carbocycles. The number of sulfonamides is 1. The van der Waals surface area contributed by atoms with Crippen molar-refractivity contribution in [1.29, 1.82) is 0 Å². The lowest BCUT2D eigenvalue weighted by Gasteiger charge is -2.15. The predicted molar refractivity (Wildman–Crippen MR) is 83.2 cm³/mol. The second-order valence-electron chi connectivity index (χ2n) is 5.40. The first kappa shape index (κ1) is 17.1. The van der Waals surface area contributed by atoms with Gasteiger partial charge in [-0.3, -0.25) is 24.0 Å². The van der Waals surface area contributed by atoms with Crippen LogP contribution in [0.4, 0.5) is 0 Å². The van der Waals surface area contributed by atoms with E-state index in [0.717, 1.165) is 4.90 Å². The maximum atomic E-state index is 12.1. The molecular weight excluding hydrogens is 320 g/mol. The van der Waals surface area contributed by atoms with Crippen LogP contribution < -0.4 is 4.72 Å². The van der Waals surface area contributed by atoms with E-state index in [0.29, 0.717) is 6.42 Å². The van der Waals surface area contributed by atoms with Crippen LogP contribution in [-0.4, -0.2) is 43.3 Å². The largest absolute Gasteiger partial charge is 0.274 e. The van der Waals surface area contributed by atoms with Gasteiger partial charge in [0.1, 0.15) is 0 Å². The van der Waals surface area contributed by atoms with Crippen molar-refractivity contribution >= 4 is 27.7 Å². The van der Waals surface area contributed by atoms with E-state index in [1.54, 1.807) is 26.0 Å². The molecule has 0 aliphatic carbocycles. The maximum Gasteiger partial charge on any atom is 0.261 e. The molecule has 1 aliphatic heterocycles. The molecule has 1 heterocycles. The monoisotopic (exact) mass is 338 g/mol. The molecule has 23 heavy (non-hydrogen) atoms. The Kier molecular flexibility index (Phi) is 4.84. The van der Waals surface area contributed by atoms with Crippen molar-refractivity contribution in [1.82, 2.24) is 9.62 Å². The molecule has 0 saturated heterocycles. The van der Waals surface area contributed by atoms with Crippen LogP contribution in [0.15, 0.2) is 24.3 Å². The fourth-order valence-electron chi connectivity index (χ4n) is 2.14. The highest BCUT2D eigenvalue weighted by atomic mass is 32.2. The van der Waals surface area contributed by atoms with E-state index in [2.05, 4.69) is 0 Å². The van der Waals surface area contributed by atoms with Gasteiger partial charge in [-0.1, -0.05) is 26.0 Å². The minimum Gasteiger partial charge on any atom is -0.274 e. The molecule has 1 N–H and O–H groups in total. The van der Waals surface area contributed by atoms with Gasteiger partial charge < -0.3 is 0 Å². The summed E-state index contributed by atoms with van der Waals surface area (Å²) in [5, 5.41) is 0. The molecule has 1 aliphatic rings. The first-order chi connectivity index (χ1) is 10.8. The number of imide groups is 1. The Balaban J connectivity index is 2.03. The van der Waals surface area contributed by atoms with E-state index in [4.69, 9.17) is 0 Å². The standard InChI is InChI=1S/C15H18N2O5S/c1-3-10(2)13(18)16-23(21,22)9-8-17-14(19)11-6-4-5-7-12(11)15(17)20/h4-7,10H,3,8-9H2,1-2H3,(H,16,18). The number of hydrogen-bond donors (Lipinski definition) is 1. The lowest BCUT2D eigenvalue weighted by molar-refractivity contribution is -0.122. The number of amides is 3. The van der Waals surface area contributed by atoms with E-state index < -0.39 is 39.4 Å². The van der Waals surface area contributed by atoms with Crippen molar-refractivity contribution < 1.29 is 22.8 Å². The average Bonchev–Trinajstić information content (AvgIpc) is 2.76. The van der Waals surface area contributed by atoms with Gasteiger partial charge in [0, 0.05) is 12.5 Å². The van der Waals surface area contributed by atoms with Gasteiger partial charge in [0.15, 0.2) is 0 Å². The molecule has 8 heteroatoms. The van der Waals surface area contributed by atoms with Crippen LogP contribution in [0.1, 0.15) is 41.0 Å². The van der Waals surface area contributed by atoms with Crippen molar-refractivity contribution in [3.8, 4) is 0 Å². The summed E-state index contributed by atoms with van der Waals surface area (Å²) in [4.78, 5) is 36.8. The summed E-state index contributed by atoms with van der Waals surface area (Å²) in [7, 11) is -3.90. The minimum atomic E-state index is -3.90. The molecule has 124 valence electrons. The summed E-state index contributed by atoms with van der Waals surface area (Å²) >= 11 is 0. The highest BCUT2D eigenvalue weighted by Crippen LogP contribution is 2.22. The number of rotatable bonds is 6. The van der Waals surface area contributed by atoms with Crippen molar-refractivity contribution in [2.75, 3.05) is 12.3 Å². The van der Waals surface area contributed by atoms with Crippen molar-refractivity contribution in [2.24, 2.45) is 5.92 Å². The van der Waals surface area contributed by atoms with Gasteiger partial charge in [0.2, 0.25) is 15.9 Å². The third-order valence-corrected chi connectivity index (χ3v) is 5.01. The zero-order valence-corrected chi connectivity index (χ0v) is 13.7. The molecule has 0 fully saturated rings. The van der Waals surface area contributed by atoms with E-state index in [-0.39, 0.29) is 17.7 Å². The van der Waals surface area contributed by atoms with Crippen molar-refractivity contribution in [2.45, 2.75) is 20.3 Å². The number of hydrogen-bond acceptors (Lipinski definition) is 5. The summed E-state index contributed by atoms with van der Waals surface area (Å²) in [5.74, 6) is -2.57. The second-order valence-corrected chi connectivity index (χ2v) is 7.24. The molecule has 1 unspecified atom stereocenters. The molecule has 7 nitrogen and oxygen atoms in total. The first-order valence-corrected chi connectivity index (χ1v) is 8.91. The highest BCUT2D eigenvalue weighted by Gasteiger charge is 2.35. The molecule has 3 amide bonds. The molecule has 1 aromatic carbocycles. The van der Waals surface area contributed by atoms with Gasteiger partial charge in [-0.2, -0.15) is 0 Å². The van der Waals surface area contributed by atoms with Crippen LogP contribution in [-0.2, 0) is 14.8 Å². The van der Waals surface area contributed by atoms with E-state index in [1.807, 2.05) is 4.72 Å². The number of benzene rings is 1. The zero-order valence-electron chi connectivity index (χ0n) is 12.9. The number of nitrogens with zero attached hydrogens (tertiary/aromatic N) is 1.